The number of phosphoric acid groups is 1. The number of hydrogen-bond acceptors (Lipinski definition) is 24. The molecule has 0 bridgehead atoms. The van der Waals surface area contributed by atoms with Crippen LogP contribution >= 0.6 is 7.82 Å². The maximum absolute atomic E-state index is 14.8. The predicted molar refractivity (Wildman–Crippen MR) is 448 cm³/mol. The number of aromatic amines is 1. The normalized spacial score (nSPS) is 17.7. The number of primary amides is 1. The van der Waals surface area contributed by atoms with E-state index in [1.807, 2.05) is 0 Å². The van der Waals surface area contributed by atoms with E-state index in [2.05, 4.69) is 68.8 Å². The molecule has 3 aromatic rings. The number of hydrogen-bond donors (Lipinski definition) is 21. The molecule has 126 heavy (non-hydrogen) atoms. The van der Waals surface area contributed by atoms with E-state index in [0.717, 1.165) is 13.8 Å². The molecule has 44 nitrogen and oxygen atoms in total. The van der Waals surface area contributed by atoms with Crippen LogP contribution in [-0.4, -0.2) is 270 Å². The van der Waals surface area contributed by atoms with Crippen LogP contribution < -0.4 is 85.9 Å². The summed E-state index contributed by atoms with van der Waals surface area (Å²) < 4.78 is 17.1. The Morgan fingerprint density at radius 2 is 0.960 bits per heavy atom. The Morgan fingerprint density at radius 3 is 1.51 bits per heavy atom. The number of nitrogens with one attached hydrogen (secondary N) is 13. The third-order valence-corrected chi connectivity index (χ3v) is 21.4. The molecule has 5 rings (SSSR count). The van der Waals surface area contributed by atoms with Crippen molar-refractivity contribution in [1.29, 1.82) is 0 Å². The van der Waals surface area contributed by atoms with Crippen molar-refractivity contribution in [3.05, 3.63) is 71.9 Å². The first-order chi connectivity index (χ1) is 59.2. The number of carboxylic acids is 3. The highest BCUT2D eigenvalue weighted by Crippen LogP contribution is 2.34. The first kappa shape index (κ1) is 105. The molecule has 1 aromatic heterocycles. The van der Waals surface area contributed by atoms with Gasteiger partial charge in [-0.15, -0.1) is 0 Å². The van der Waals surface area contributed by atoms with Gasteiger partial charge in [0.1, 0.15) is 84.6 Å². The van der Waals surface area contributed by atoms with E-state index < -0.39 is 262 Å². The van der Waals surface area contributed by atoms with Gasteiger partial charge >= 0.3 is 17.9 Å². The number of likely N-dealkylation sites (tertiary alicyclic amines) is 2. The van der Waals surface area contributed by atoms with Crippen LogP contribution in [0.3, 0.4) is 0 Å². The number of amides is 15. The zero-order valence-corrected chi connectivity index (χ0v) is 72.9. The summed E-state index contributed by atoms with van der Waals surface area (Å²) in [6.07, 6.45) is -3.78. The second-order valence-corrected chi connectivity index (χ2v) is 33.9. The highest BCUT2D eigenvalue weighted by molar-refractivity contribution is 7.44. The molecule has 698 valence electrons. The molecule has 2 aromatic carbocycles. The molecule has 2 fully saturated rings. The molecule has 2 saturated heterocycles. The van der Waals surface area contributed by atoms with Crippen molar-refractivity contribution in [3.8, 4) is 0 Å². The lowest BCUT2D eigenvalue weighted by Crippen LogP contribution is -2.62. The fourth-order valence-electron chi connectivity index (χ4n) is 14.4. The molecule has 2 aliphatic rings. The van der Waals surface area contributed by atoms with Crippen LogP contribution in [0.4, 0.5) is 0 Å². The summed E-state index contributed by atoms with van der Waals surface area (Å²) in [6, 6.07) is -9.69. The number of aliphatic hydroxyl groups excluding tert-OH is 1. The average molecular weight is 1790 g/mol. The Bertz CT molecular complexity index is 4370. The molecule has 24 N–H and O–H groups in total. The van der Waals surface area contributed by atoms with Crippen LogP contribution in [0.2, 0.25) is 0 Å². The summed E-state index contributed by atoms with van der Waals surface area (Å²) in [7, 11) is -5.91. The summed E-state index contributed by atoms with van der Waals surface area (Å²) in [5, 5.41) is 69.8. The Labute approximate surface area is 727 Å². The molecule has 0 saturated carbocycles. The Balaban J connectivity index is 1.38. The summed E-state index contributed by atoms with van der Waals surface area (Å²) in [4.78, 5) is 277. The number of aliphatic hydroxyl groups is 1. The first-order valence-corrected chi connectivity index (χ1v) is 43.3. The lowest BCUT2D eigenvalue weighted by molar-refractivity contribution is -0.224. The van der Waals surface area contributed by atoms with Crippen molar-refractivity contribution >= 4 is 125 Å². The lowest BCUT2D eigenvalue weighted by Gasteiger charge is -2.32. The number of aliphatic carboxylic acids is 3. The van der Waals surface area contributed by atoms with Crippen LogP contribution in [0.15, 0.2) is 60.8 Å². The molecule has 17 atom stereocenters. The molecule has 0 spiro atoms. The molecule has 15 amide bonds. The lowest BCUT2D eigenvalue weighted by atomic mass is 9.99. The molecular weight excluding hydrogens is 1670 g/mol. The van der Waals surface area contributed by atoms with E-state index in [9.17, 15) is 121 Å². The number of phosphoric ester groups is 1. The van der Waals surface area contributed by atoms with Crippen LogP contribution in [0, 0.1) is 17.8 Å². The van der Waals surface area contributed by atoms with Gasteiger partial charge in [-0.25, -0.2) is 4.79 Å². The number of benzene rings is 2. The monoisotopic (exact) mass is 1790 g/mol. The Hall–Kier alpha value is -11.6. The number of carboxylic acid groups (broad SMARTS) is 3. The van der Waals surface area contributed by atoms with Gasteiger partial charge in [-0.05, 0) is 139 Å². The molecule has 0 radical (unpaired) electrons. The zero-order valence-electron chi connectivity index (χ0n) is 72.0. The van der Waals surface area contributed by atoms with Gasteiger partial charge in [0.25, 0.3) is 7.82 Å². The maximum Gasteiger partial charge on any atom is 0.326 e. The topological polar surface area (TPSA) is 702 Å². The molecule has 0 aliphatic carbocycles. The fraction of sp³-hybridized carbons (Fsp3) is 0.605. The third-order valence-electron chi connectivity index (χ3n) is 20.8. The van der Waals surface area contributed by atoms with Crippen LogP contribution in [0.5, 0.6) is 0 Å². The van der Waals surface area contributed by atoms with Gasteiger partial charge in [-0.1, -0.05) is 90.1 Å². The second kappa shape index (κ2) is 50.5. The molecule has 2 aliphatic heterocycles. The highest BCUT2D eigenvalue weighted by atomic mass is 31.2. The van der Waals surface area contributed by atoms with E-state index in [-0.39, 0.29) is 75.6 Å². The van der Waals surface area contributed by atoms with Gasteiger partial charge in [0.2, 0.25) is 88.6 Å². The van der Waals surface area contributed by atoms with Crippen molar-refractivity contribution < 1.29 is 126 Å². The second-order valence-electron chi connectivity index (χ2n) is 32.8. The van der Waals surface area contributed by atoms with Gasteiger partial charge in [0, 0.05) is 55.9 Å². The number of carbonyl (C=O) groups excluding carboxylic acids is 15. The first-order valence-electron chi connectivity index (χ1n) is 41.8. The van der Waals surface area contributed by atoms with Crippen molar-refractivity contribution in [2.75, 3.05) is 26.2 Å². The summed E-state index contributed by atoms with van der Waals surface area (Å²) in [6.45, 7) is 13.1. The number of aromatic nitrogens is 1. The van der Waals surface area contributed by atoms with Crippen molar-refractivity contribution in [1.82, 2.24) is 78.6 Å². The summed E-state index contributed by atoms with van der Waals surface area (Å²) in [5.74, 6) is -21.5. The van der Waals surface area contributed by atoms with Crippen molar-refractivity contribution in [2.24, 2.45) is 35.0 Å². The fourth-order valence-corrected chi connectivity index (χ4v) is 14.9. The van der Waals surface area contributed by atoms with Gasteiger partial charge in [0.05, 0.1) is 25.2 Å². The van der Waals surface area contributed by atoms with Gasteiger partial charge in [0.15, 0.2) is 0 Å². The number of fused-ring (bicyclic) bond motifs is 1. The minimum absolute atomic E-state index is 0.00674. The minimum atomic E-state index is -5.91. The Morgan fingerprint density at radius 1 is 0.508 bits per heavy atom. The predicted octanol–water partition coefficient (Wildman–Crippen LogP) is -4.07. The van der Waals surface area contributed by atoms with E-state index in [0.29, 0.717) is 48.6 Å². The van der Waals surface area contributed by atoms with Gasteiger partial charge in [-0.3, -0.25) is 86.1 Å². The molecule has 3 heterocycles. The number of nitrogens with two attached hydrogens (primary N) is 3. The van der Waals surface area contributed by atoms with E-state index >= 15 is 0 Å². The number of H-pyrrole nitrogens is 1. The van der Waals surface area contributed by atoms with Crippen molar-refractivity contribution in [3.63, 3.8) is 0 Å². The van der Waals surface area contributed by atoms with E-state index in [4.69, 9.17) is 21.7 Å². The van der Waals surface area contributed by atoms with Crippen LogP contribution in [0.1, 0.15) is 170 Å². The van der Waals surface area contributed by atoms with Gasteiger partial charge < -0.3 is 131 Å². The quantitative estimate of drug-likeness (QED) is 0.0189. The minimum Gasteiger partial charge on any atom is -0.756 e. The largest absolute Gasteiger partial charge is 0.756 e. The van der Waals surface area contributed by atoms with Gasteiger partial charge in [-0.2, -0.15) is 0 Å². The third kappa shape index (κ3) is 34.1. The SMILES string of the molecule is CC(C)C[C@H](NC(=O)[C@H](CCCCN)NC(=O)[C@H](Cc1c[nH]c2ccccc12)NC(=O)[C@H](CC(C)C)NC(=O)[C@H](CC(=O)O)NC(=O)[C@H](C)NC(=O)[C@H](Cc1ccccc1)NC(=O)[C@@H](NC(=O)[C@H](CCC(=O)O)NC(=O)[C@H](CCC(N)=O)NC(=O)[C@H](CO)NC(=O)[C@H](CC(C)C)NC(=O)[C@@H]1CCCN1C(=O)[C@@H]1CCCN1C(=O)[C@H](C)N)[C@@H](C)OP(=O)([O-])O)C(=O)O. The maximum atomic E-state index is 14.8. The van der Waals surface area contributed by atoms with Crippen molar-refractivity contribution in [2.45, 2.75) is 268 Å². The smallest absolute Gasteiger partial charge is 0.326 e. The standard InChI is InChI=1S/C81H123N18O26P/c1-41(2)33-54(72(111)92-57(37-48-39-85-50-22-14-13-21-49(48)50)74(113)87-51(23-15-16-30-82)68(107)95-59(81(120)121)35-43(5)6)91-75(114)58(38-65(104)105)90-67(106)45(8)86-71(110)56(36-47-19-11-10-12-20-47)94-78(117)66(46(9)125-126(122,123)124)97-70(109)53(27-29-64(102)103)88-69(108)52(26-28-63(84)101)89-76(115)60(40-100)96-73(112)55(34-42(3)4)93-77(116)61-24-17-31-98(61)80(119)62-25-18-32-99(62)79(118)44(7)83/h10-14,19-22,39,41-46,51-62,66,85,100H,15-18,23-38,40,82-83H2,1-9H3,(H2,84,101)(H,86,110)(H,87,113)(H,88,108)(H,89,115)(H,90,106)(H,91,114)(H,92,111)(H,93,116)(H,94,117)(H,95,107)(H,96,112)(H,97,109)(H,102,103)(H,104,105)(H,120,121)(H2,122,123,124)/p-1/t44-,45-,46+,51-,52-,53-,54-,55-,56-,57-,58-,59-,60-,61-,62-,66-/m0/s1. The number of para-hydroxylation sites is 1. The number of carbonyl (C=O) groups is 18. The summed E-state index contributed by atoms with van der Waals surface area (Å²) >= 11 is 0. The van der Waals surface area contributed by atoms with E-state index in [1.165, 1.54) is 41.0 Å². The average Bonchev–Trinajstić information content (AvgIpc) is 1.65. The van der Waals surface area contributed by atoms with E-state index in [1.54, 1.807) is 78.1 Å². The zero-order chi connectivity index (χ0) is 94.1. The molecule has 45 heteroatoms. The van der Waals surface area contributed by atoms with Crippen LogP contribution in [0.25, 0.3) is 10.9 Å². The number of unbranched alkanes of at least 4 members (excludes halogenated alkanes) is 1. The number of nitrogens with zero attached hydrogens (tertiary/aromatic N) is 2. The molecular formula is C81H122N18O26P-. The summed E-state index contributed by atoms with van der Waals surface area (Å²) in [5.41, 5.74) is 18.5. The highest BCUT2D eigenvalue weighted by Gasteiger charge is 2.45. The Kier molecular flexibility index (Phi) is 42.1. The van der Waals surface area contributed by atoms with Crippen LogP contribution in [-0.2, 0) is 108 Å². The molecule has 1 unspecified atom stereocenters. The number of rotatable bonds is 53.